The molecule has 1 aromatic heterocycles. The van der Waals surface area contributed by atoms with Crippen LogP contribution in [0.1, 0.15) is 35.8 Å². The summed E-state index contributed by atoms with van der Waals surface area (Å²) in [6, 6.07) is 3.44. The molecule has 0 aliphatic carbocycles. The molecule has 0 radical (unpaired) electrons. The molecule has 116 valence electrons. The van der Waals surface area contributed by atoms with Crippen molar-refractivity contribution in [1.29, 1.82) is 0 Å². The number of carbonyl (C=O) groups excluding carboxylic acids is 1. The molecular formula is C15H23N3O3. The smallest absolute Gasteiger partial charge is 0.263 e. The molecule has 0 aromatic carbocycles. The van der Waals surface area contributed by atoms with Gasteiger partial charge in [-0.1, -0.05) is 13.8 Å². The molecule has 1 fully saturated rings. The van der Waals surface area contributed by atoms with Crippen molar-refractivity contribution in [2.45, 2.75) is 25.9 Å². The van der Waals surface area contributed by atoms with E-state index in [9.17, 15) is 9.59 Å². The molecule has 0 bridgehead atoms. The van der Waals surface area contributed by atoms with Gasteiger partial charge in [-0.25, -0.2) is 0 Å². The van der Waals surface area contributed by atoms with E-state index >= 15 is 0 Å². The molecule has 21 heavy (non-hydrogen) atoms. The number of aromatic nitrogens is 1. The molecule has 1 amide bonds. The fourth-order valence-corrected chi connectivity index (χ4v) is 2.45. The summed E-state index contributed by atoms with van der Waals surface area (Å²) in [4.78, 5) is 24.4. The van der Waals surface area contributed by atoms with Crippen LogP contribution in [0, 0.1) is 0 Å². The van der Waals surface area contributed by atoms with Crippen LogP contribution >= 0.6 is 0 Å². The standard InChI is InChI=1S/C15H23N3O3/c1-10(2)13-5-4-12(15(20)18(13)3)14(19)17-9-11-8-16-6-7-21-11/h4-5,10-11,16H,6-9H2,1-3H3,(H,17,19)/t11-/m1/s1. The van der Waals surface area contributed by atoms with Gasteiger partial charge in [0.05, 0.1) is 12.7 Å². The Morgan fingerprint density at radius 3 is 2.90 bits per heavy atom. The highest BCUT2D eigenvalue weighted by atomic mass is 16.5. The molecule has 1 aliphatic rings. The third kappa shape index (κ3) is 3.71. The Kier molecular flexibility index (Phi) is 5.14. The maximum Gasteiger partial charge on any atom is 0.263 e. The van der Waals surface area contributed by atoms with Gasteiger partial charge >= 0.3 is 0 Å². The molecule has 2 rings (SSSR count). The van der Waals surface area contributed by atoms with E-state index in [1.165, 1.54) is 4.57 Å². The van der Waals surface area contributed by atoms with Crippen LogP contribution in [-0.4, -0.2) is 42.8 Å². The summed E-state index contributed by atoms with van der Waals surface area (Å²) in [5, 5.41) is 5.96. The summed E-state index contributed by atoms with van der Waals surface area (Å²) in [6.07, 6.45) is -0.0403. The zero-order valence-electron chi connectivity index (χ0n) is 12.8. The minimum Gasteiger partial charge on any atom is -0.374 e. The second kappa shape index (κ2) is 6.87. The molecule has 0 saturated carbocycles. The highest BCUT2D eigenvalue weighted by Crippen LogP contribution is 2.11. The normalized spacial score (nSPS) is 18.8. The third-order valence-electron chi connectivity index (χ3n) is 3.67. The van der Waals surface area contributed by atoms with Crippen molar-refractivity contribution in [3.8, 4) is 0 Å². The first-order valence-corrected chi connectivity index (χ1v) is 7.31. The first-order valence-electron chi connectivity index (χ1n) is 7.31. The van der Waals surface area contributed by atoms with Crippen LogP contribution in [0.15, 0.2) is 16.9 Å². The minimum atomic E-state index is -0.347. The zero-order chi connectivity index (χ0) is 15.4. The minimum absolute atomic E-state index is 0.0403. The van der Waals surface area contributed by atoms with Crippen LogP contribution in [0.25, 0.3) is 0 Å². The highest BCUT2D eigenvalue weighted by Gasteiger charge is 2.18. The van der Waals surface area contributed by atoms with Gasteiger partial charge in [0.2, 0.25) is 0 Å². The van der Waals surface area contributed by atoms with Crippen LogP contribution < -0.4 is 16.2 Å². The van der Waals surface area contributed by atoms with E-state index in [1.807, 2.05) is 19.9 Å². The lowest BCUT2D eigenvalue weighted by Crippen LogP contribution is -2.46. The monoisotopic (exact) mass is 293 g/mol. The lowest BCUT2D eigenvalue weighted by atomic mass is 10.1. The molecule has 6 heteroatoms. The number of carbonyl (C=O) groups is 1. The Morgan fingerprint density at radius 2 is 2.29 bits per heavy atom. The topological polar surface area (TPSA) is 72.4 Å². The van der Waals surface area contributed by atoms with Crippen molar-refractivity contribution in [2.24, 2.45) is 7.05 Å². The van der Waals surface area contributed by atoms with Gasteiger partial charge in [-0.05, 0) is 18.1 Å². The average Bonchev–Trinajstić information content (AvgIpc) is 2.48. The highest BCUT2D eigenvalue weighted by molar-refractivity contribution is 5.93. The molecular weight excluding hydrogens is 270 g/mol. The predicted molar refractivity (Wildman–Crippen MR) is 80.7 cm³/mol. The van der Waals surface area contributed by atoms with Crippen LogP contribution in [0.4, 0.5) is 0 Å². The lowest BCUT2D eigenvalue weighted by Gasteiger charge is -2.23. The van der Waals surface area contributed by atoms with Gasteiger partial charge in [-0.2, -0.15) is 0 Å². The maximum atomic E-state index is 12.2. The van der Waals surface area contributed by atoms with Crippen LogP contribution in [0.3, 0.4) is 0 Å². The zero-order valence-corrected chi connectivity index (χ0v) is 12.8. The molecule has 1 aliphatic heterocycles. The lowest BCUT2D eigenvalue weighted by molar-refractivity contribution is 0.0287. The van der Waals surface area contributed by atoms with E-state index in [2.05, 4.69) is 10.6 Å². The number of ether oxygens (including phenoxy) is 1. The van der Waals surface area contributed by atoms with Gasteiger partial charge in [0.1, 0.15) is 5.56 Å². The van der Waals surface area contributed by atoms with Crippen molar-refractivity contribution in [3.63, 3.8) is 0 Å². The average molecular weight is 293 g/mol. The summed E-state index contributed by atoms with van der Waals surface area (Å²) in [7, 11) is 1.70. The van der Waals surface area contributed by atoms with Gasteiger partial charge in [-0.3, -0.25) is 9.59 Å². The van der Waals surface area contributed by atoms with Gasteiger partial charge < -0.3 is 19.9 Å². The van der Waals surface area contributed by atoms with Crippen LogP contribution in [0.5, 0.6) is 0 Å². The number of morpholine rings is 1. The van der Waals surface area contributed by atoms with Crippen LogP contribution in [0.2, 0.25) is 0 Å². The van der Waals surface area contributed by atoms with Gasteiger partial charge in [0.25, 0.3) is 11.5 Å². The quantitative estimate of drug-likeness (QED) is 0.833. The van der Waals surface area contributed by atoms with E-state index in [0.29, 0.717) is 19.7 Å². The second-order valence-electron chi connectivity index (χ2n) is 5.60. The van der Waals surface area contributed by atoms with Gasteiger partial charge in [0, 0.05) is 32.4 Å². The number of hydrogen-bond donors (Lipinski definition) is 2. The molecule has 0 unspecified atom stereocenters. The number of hydrogen-bond acceptors (Lipinski definition) is 4. The Labute approximate surface area is 124 Å². The molecule has 2 heterocycles. The first-order chi connectivity index (χ1) is 10.0. The van der Waals surface area contributed by atoms with Gasteiger partial charge in [0.15, 0.2) is 0 Å². The fourth-order valence-electron chi connectivity index (χ4n) is 2.45. The molecule has 1 saturated heterocycles. The first kappa shape index (κ1) is 15.7. The van der Waals surface area contributed by atoms with Crippen molar-refractivity contribution in [1.82, 2.24) is 15.2 Å². The number of amides is 1. The van der Waals surface area contributed by atoms with Crippen LogP contribution in [-0.2, 0) is 11.8 Å². The number of nitrogens with zero attached hydrogens (tertiary/aromatic N) is 1. The summed E-state index contributed by atoms with van der Waals surface area (Å²) in [6.45, 7) is 6.63. The van der Waals surface area contributed by atoms with E-state index in [4.69, 9.17) is 4.74 Å². The van der Waals surface area contributed by atoms with E-state index in [1.54, 1.807) is 13.1 Å². The molecule has 6 nitrogen and oxygen atoms in total. The summed E-state index contributed by atoms with van der Waals surface area (Å²) in [5.74, 6) is -0.110. The number of rotatable bonds is 4. The van der Waals surface area contributed by atoms with Crippen molar-refractivity contribution >= 4 is 5.91 Å². The van der Waals surface area contributed by atoms with E-state index < -0.39 is 0 Å². The molecule has 2 N–H and O–H groups in total. The maximum absolute atomic E-state index is 12.2. The largest absolute Gasteiger partial charge is 0.374 e. The summed E-state index contributed by atoms with van der Waals surface area (Å²) >= 11 is 0. The molecule has 1 aromatic rings. The van der Waals surface area contributed by atoms with Crippen molar-refractivity contribution in [2.75, 3.05) is 26.2 Å². The van der Waals surface area contributed by atoms with E-state index in [-0.39, 0.29) is 29.1 Å². The fraction of sp³-hybridized carbons (Fsp3) is 0.600. The Bertz CT molecular complexity index is 560. The third-order valence-corrected chi connectivity index (χ3v) is 3.67. The molecule has 1 atom stereocenters. The van der Waals surface area contributed by atoms with Gasteiger partial charge in [-0.15, -0.1) is 0 Å². The summed E-state index contributed by atoms with van der Waals surface area (Å²) in [5.41, 5.74) is 0.823. The SMILES string of the molecule is CC(C)c1ccc(C(=O)NC[C@H]2CNCCO2)c(=O)n1C. The Morgan fingerprint density at radius 1 is 1.52 bits per heavy atom. The van der Waals surface area contributed by atoms with Crippen molar-refractivity contribution in [3.05, 3.63) is 33.7 Å². The Hall–Kier alpha value is -1.66. The van der Waals surface area contributed by atoms with Crippen molar-refractivity contribution < 1.29 is 9.53 Å². The predicted octanol–water partition coefficient (Wildman–Crippen LogP) is 0.227. The number of nitrogens with one attached hydrogen (secondary N) is 2. The Balaban J connectivity index is 2.05. The number of pyridine rings is 1. The summed E-state index contributed by atoms with van der Waals surface area (Å²) < 4.78 is 7.05. The molecule has 0 spiro atoms. The van der Waals surface area contributed by atoms with E-state index in [0.717, 1.165) is 12.2 Å². The second-order valence-corrected chi connectivity index (χ2v) is 5.60.